The molecular weight excluding hydrogens is 391 g/mol. The SMILES string of the molecule is Cl.Cl.c1ccc(COc2cccc([C@H](C3CCCC3)N3CCNCC3)c2)cc1. The van der Waals surface area contributed by atoms with Gasteiger partial charge < -0.3 is 10.1 Å². The molecule has 0 unspecified atom stereocenters. The molecule has 154 valence electrons. The van der Waals surface area contributed by atoms with Crippen LogP contribution in [-0.2, 0) is 6.61 Å². The Hall–Kier alpha value is -1.26. The van der Waals surface area contributed by atoms with Crippen LogP contribution >= 0.6 is 24.8 Å². The van der Waals surface area contributed by atoms with E-state index in [9.17, 15) is 0 Å². The molecule has 2 aliphatic rings. The molecule has 0 radical (unpaired) electrons. The van der Waals surface area contributed by atoms with E-state index in [2.05, 4.69) is 58.7 Å². The average Bonchev–Trinajstić information content (AvgIpc) is 3.23. The number of piperazine rings is 1. The van der Waals surface area contributed by atoms with Crippen molar-refractivity contribution in [3.63, 3.8) is 0 Å². The smallest absolute Gasteiger partial charge is 0.120 e. The highest BCUT2D eigenvalue weighted by molar-refractivity contribution is 5.85. The van der Waals surface area contributed by atoms with E-state index in [-0.39, 0.29) is 24.8 Å². The van der Waals surface area contributed by atoms with Crippen molar-refractivity contribution in [2.45, 2.75) is 38.3 Å². The summed E-state index contributed by atoms with van der Waals surface area (Å²) in [5.41, 5.74) is 2.65. The van der Waals surface area contributed by atoms with Crippen LogP contribution in [0.5, 0.6) is 5.75 Å². The highest BCUT2D eigenvalue weighted by Gasteiger charge is 2.31. The molecule has 1 aliphatic carbocycles. The van der Waals surface area contributed by atoms with Crippen molar-refractivity contribution in [3.8, 4) is 5.75 Å². The van der Waals surface area contributed by atoms with Crippen LogP contribution in [0.15, 0.2) is 54.6 Å². The Bertz CT molecular complexity index is 686. The zero-order chi connectivity index (χ0) is 17.6. The van der Waals surface area contributed by atoms with Crippen molar-refractivity contribution in [1.82, 2.24) is 10.2 Å². The van der Waals surface area contributed by atoms with Crippen molar-refractivity contribution in [2.24, 2.45) is 5.92 Å². The standard InChI is InChI=1S/C23H30N2O.2ClH/c1-2-7-19(8-3-1)18-26-22-12-6-11-21(17-22)23(20-9-4-5-10-20)25-15-13-24-14-16-25;;/h1-3,6-8,11-12,17,20,23-24H,4-5,9-10,13-16,18H2;2*1H/t23-;;/m0../s1. The topological polar surface area (TPSA) is 24.5 Å². The van der Waals surface area contributed by atoms with Gasteiger partial charge in [-0.25, -0.2) is 0 Å². The minimum Gasteiger partial charge on any atom is -0.489 e. The first-order valence-electron chi connectivity index (χ1n) is 10.1. The van der Waals surface area contributed by atoms with Gasteiger partial charge in [-0.15, -0.1) is 24.8 Å². The summed E-state index contributed by atoms with van der Waals surface area (Å²) in [6, 6.07) is 19.8. The van der Waals surface area contributed by atoms with E-state index in [4.69, 9.17) is 4.74 Å². The van der Waals surface area contributed by atoms with E-state index in [1.54, 1.807) is 0 Å². The second-order valence-electron chi connectivity index (χ2n) is 7.62. The average molecular weight is 423 g/mol. The Morgan fingerprint density at radius 2 is 1.64 bits per heavy atom. The zero-order valence-electron chi connectivity index (χ0n) is 16.4. The highest BCUT2D eigenvalue weighted by Crippen LogP contribution is 2.40. The van der Waals surface area contributed by atoms with Gasteiger partial charge in [0.05, 0.1) is 0 Å². The van der Waals surface area contributed by atoms with Gasteiger partial charge in [0.2, 0.25) is 0 Å². The molecule has 0 aromatic heterocycles. The van der Waals surface area contributed by atoms with E-state index in [0.717, 1.165) is 37.8 Å². The maximum atomic E-state index is 6.10. The molecule has 1 atom stereocenters. The summed E-state index contributed by atoms with van der Waals surface area (Å²) < 4.78 is 6.10. The van der Waals surface area contributed by atoms with Crippen LogP contribution in [0.1, 0.15) is 42.9 Å². The third-order valence-corrected chi connectivity index (χ3v) is 5.84. The molecule has 0 bridgehead atoms. The third kappa shape index (κ3) is 5.87. The molecule has 1 heterocycles. The minimum atomic E-state index is 0. The van der Waals surface area contributed by atoms with Gasteiger partial charge >= 0.3 is 0 Å². The molecule has 1 N–H and O–H groups in total. The number of benzene rings is 2. The molecule has 2 fully saturated rings. The van der Waals surface area contributed by atoms with Crippen molar-refractivity contribution in [3.05, 3.63) is 65.7 Å². The van der Waals surface area contributed by atoms with Crippen LogP contribution in [0, 0.1) is 5.92 Å². The number of nitrogens with one attached hydrogen (secondary N) is 1. The third-order valence-electron chi connectivity index (χ3n) is 5.84. The summed E-state index contributed by atoms with van der Waals surface area (Å²) in [5, 5.41) is 3.50. The number of rotatable bonds is 6. The number of hydrogen-bond donors (Lipinski definition) is 1. The fourth-order valence-corrected chi connectivity index (χ4v) is 4.54. The molecular formula is C23H32Cl2N2O. The molecule has 4 rings (SSSR count). The van der Waals surface area contributed by atoms with E-state index >= 15 is 0 Å². The zero-order valence-corrected chi connectivity index (χ0v) is 18.0. The van der Waals surface area contributed by atoms with Gasteiger partial charge in [0.15, 0.2) is 0 Å². The summed E-state index contributed by atoms with van der Waals surface area (Å²) >= 11 is 0. The lowest BCUT2D eigenvalue weighted by atomic mass is 9.89. The second kappa shape index (κ2) is 11.7. The molecule has 2 aromatic rings. The lowest BCUT2D eigenvalue weighted by Crippen LogP contribution is -2.46. The van der Waals surface area contributed by atoms with Crippen LogP contribution in [0.3, 0.4) is 0 Å². The van der Waals surface area contributed by atoms with Crippen molar-refractivity contribution in [2.75, 3.05) is 26.2 Å². The molecule has 1 aliphatic heterocycles. The quantitative estimate of drug-likeness (QED) is 0.687. The van der Waals surface area contributed by atoms with Gasteiger partial charge in [-0.2, -0.15) is 0 Å². The van der Waals surface area contributed by atoms with E-state index in [0.29, 0.717) is 12.6 Å². The summed E-state index contributed by atoms with van der Waals surface area (Å²) in [7, 11) is 0. The van der Waals surface area contributed by atoms with Crippen LogP contribution in [0.25, 0.3) is 0 Å². The summed E-state index contributed by atoms with van der Waals surface area (Å²) in [6.07, 6.45) is 5.50. The number of nitrogens with zero attached hydrogens (tertiary/aromatic N) is 1. The molecule has 2 aromatic carbocycles. The summed E-state index contributed by atoms with van der Waals surface area (Å²) in [6.45, 7) is 5.14. The number of ether oxygens (including phenoxy) is 1. The fraction of sp³-hybridized carbons (Fsp3) is 0.478. The minimum absolute atomic E-state index is 0. The largest absolute Gasteiger partial charge is 0.489 e. The maximum Gasteiger partial charge on any atom is 0.120 e. The second-order valence-corrected chi connectivity index (χ2v) is 7.62. The first-order valence-corrected chi connectivity index (χ1v) is 10.1. The molecule has 1 saturated carbocycles. The number of hydrogen-bond acceptors (Lipinski definition) is 3. The van der Waals surface area contributed by atoms with Gasteiger partial charge in [-0.3, -0.25) is 4.90 Å². The van der Waals surface area contributed by atoms with Gasteiger partial charge in [-0.1, -0.05) is 55.3 Å². The Labute approximate surface area is 181 Å². The van der Waals surface area contributed by atoms with Crippen LogP contribution in [0.2, 0.25) is 0 Å². The van der Waals surface area contributed by atoms with Crippen molar-refractivity contribution >= 4 is 24.8 Å². The Morgan fingerprint density at radius 1 is 0.929 bits per heavy atom. The molecule has 3 nitrogen and oxygen atoms in total. The predicted molar refractivity (Wildman–Crippen MR) is 121 cm³/mol. The maximum absolute atomic E-state index is 6.10. The van der Waals surface area contributed by atoms with E-state index in [1.165, 1.54) is 36.8 Å². The lowest BCUT2D eigenvalue weighted by molar-refractivity contribution is 0.125. The first kappa shape index (κ1) is 23.0. The van der Waals surface area contributed by atoms with Crippen molar-refractivity contribution < 1.29 is 4.74 Å². The molecule has 0 spiro atoms. The molecule has 0 amide bonds. The van der Waals surface area contributed by atoms with Crippen LogP contribution in [-0.4, -0.2) is 31.1 Å². The van der Waals surface area contributed by atoms with E-state index in [1.807, 2.05) is 6.07 Å². The molecule has 5 heteroatoms. The van der Waals surface area contributed by atoms with Gasteiger partial charge in [0.1, 0.15) is 12.4 Å². The summed E-state index contributed by atoms with van der Waals surface area (Å²) in [5.74, 6) is 1.78. The van der Waals surface area contributed by atoms with Crippen molar-refractivity contribution in [1.29, 1.82) is 0 Å². The fourth-order valence-electron chi connectivity index (χ4n) is 4.54. The predicted octanol–water partition coefficient (Wildman–Crippen LogP) is 5.25. The van der Waals surface area contributed by atoms with Gasteiger partial charge in [0, 0.05) is 32.2 Å². The normalized spacial score (nSPS) is 18.7. The Morgan fingerprint density at radius 3 is 2.36 bits per heavy atom. The monoisotopic (exact) mass is 422 g/mol. The van der Waals surface area contributed by atoms with Gasteiger partial charge in [-0.05, 0) is 42.0 Å². The van der Waals surface area contributed by atoms with Crippen LogP contribution in [0.4, 0.5) is 0 Å². The first-order chi connectivity index (χ1) is 12.9. The summed E-state index contributed by atoms with van der Waals surface area (Å²) in [4.78, 5) is 2.70. The van der Waals surface area contributed by atoms with Crippen LogP contribution < -0.4 is 10.1 Å². The molecule has 1 saturated heterocycles. The van der Waals surface area contributed by atoms with E-state index < -0.39 is 0 Å². The number of halogens is 2. The Kier molecular flexibility index (Phi) is 9.60. The van der Waals surface area contributed by atoms with Gasteiger partial charge in [0.25, 0.3) is 0 Å². The highest BCUT2D eigenvalue weighted by atomic mass is 35.5. The lowest BCUT2D eigenvalue weighted by Gasteiger charge is -2.38. The molecule has 28 heavy (non-hydrogen) atoms. The Balaban J connectivity index is 0.00000140.